The summed E-state index contributed by atoms with van der Waals surface area (Å²) < 4.78 is 0. The second kappa shape index (κ2) is 12.0. The molecule has 1 aliphatic rings. The lowest BCUT2D eigenvalue weighted by Gasteiger charge is -2.30. The molecular weight excluding hydrogens is 222 g/mol. The zero-order valence-corrected chi connectivity index (χ0v) is 13.0. The average molecular weight is 257 g/mol. The molecule has 2 nitrogen and oxygen atoms in total. The SMILES string of the molecule is CCCO.CNC1CCCCCCC1CC(C)C. The largest absolute Gasteiger partial charge is 0.396 e. The summed E-state index contributed by atoms with van der Waals surface area (Å²) in [6, 6.07) is 0.790. The monoisotopic (exact) mass is 257 g/mol. The first kappa shape index (κ1) is 17.9. The fraction of sp³-hybridized carbons (Fsp3) is 1.00. The molecule has 0 aromatic carbocycles. The topological polar surface area (TPSA) is 32.3 Å². The molecule has 0 aromatic rings. The molecule has 2 heteroatoms. The highest BCUT2D eigenvalue weighted by Crippen LogP contribution is 2.27. The van der Waals surface area contributed by atoms with E-state index in [1.54, 1.807) is 0 Å². The van der Waals surface area contributed by atoms with Crippen LogP contribution in [0, 0.1) is 11.8 Å². The number of nitrogens with one attached hydrogen (secondary N) is 1. The van der Waals surface area contributed by atoms with Crippen LogP contribution in [0.15, 0.2) is 0 Å². The molecular formula is C16H35NO. The van der Waals surface area contributed by atoms with Crippen molar-refractivity contribution in [3.8, 4) is 0 Å². The molecule has 1 aliphatic carbocycles. The number of aliphatic hydroxyl groups excluding tert-OH is 1. The Morgan fingerprint density at radius 1 is 1.11 bits per heavy atom. The van der Waals surface area contributed by atoms with Crippen LogP contribution in [0.5, 0.6) is 0 Å². The van der Waals surface area contributed by atoms with Gasteiger partial charge in [0.2, 0.25) is 0 Å². The van der Waals surface area contributed by atoms with Crippen LogP contribution in [0.4, 0.5) is 0 Å². The van der Waals surface area contributed by atoms with Gasteiger partial charge in [-0.15, -0.1) is 0 Å². The van der Waals surface area contributed by atoms with Gasteiger partial charge < -0.3 is 10.4 Å². The zero-order valence-electron chi connectivity index (χ0n) is 13.0. The number of rotatable bonds is 4. The summed E-state index contributed by atoms with van der Waals surface area (Å²) in [4.78, 5) is 0. The summed E-state index contributed by atoms with van der Waals surface area (Å²) in [6.45, 7) is 6.96. The Morgan fingerprint density at radius 2 is 1.67 bits per heavy atom. The molecule has 0 radical (unpaired) electrons. The van der Waals surface area contributed by atoms with Crippen molar-refractivity contribution in [2.24, 2.45) is 11.8 Å². The minimum absolute atomic E-state index is 0.319. The van der Waals surface area contributed by atoms with Crippen molar-refractivity contribution in [1.29, 1.82) is 0 Å². The van der Waals surface area contributed by atoms with Crippen molar-refractivity contribution in [3.63, 3.8) is 0 Å². The lowest BCUT2D eigenvalue weighted by Crippen LogP contribution is -2.35. The van der Waals surface area contributed by atoms with Crippen molar-refractivity contribution in [1.82, 2.24) is 5.32 Å². The molecule has 0 aliphatic heterocycles. The van der Waals surface area contributed by atoms with Gasteiger partial charge in [0.25, 0.3) is 0 Å². The summed E-state index contributed by atoms with van der Waals surface area (Å²) in [7, 11) is 2.14. The van der Waals surface area contributed by atoms with Crippen molar-refractivity contribution in [2.45, 2.75) is 78.2 Å². The van der Waals surface area contributed by atoms with Crippen molar-refractivity contribution in [3.05, 3.63) is 0 Å². The highest BCUT2D eigenvalue weighted by atomic mass is 16.2. The first-order valence-corrected chi connectivity index (χ1v) is 7.93. The van der Waals surface area contributed by atoms with Crippen LogP contribution in [0.25, 0.3) is 0 Å². The van der Waals surface area contributed by atoms with Gasteiger partial charge in [-0.05, 0) is 44.6 Å². The summed E-state index contributed by atoms with van der Waals surface area (Å²) in [5.74, 6) is 1.79. The van der Waals surface area contributed by atoms with Crippen LogP contribution in [-0.4, -0.2) is 24.8 Å². The van der Waals surface area contributed by atoms with E-state index in [9.17, 15) is 0 Å². The third-order valence-electron chi connectivity index (χ3n) is 3.78. The van der Waals surface area contributed by atoms with Crippen LogP contribution in [0.1, 0.15) is 72.1 Å². The van der Waals surface area contributed by atoms with Crippen LogP contribution in [0.3, 0.4) is 0 Å². The molecule has 0 amide bonds. The number of hydrogen-bond donors (Lipinski definition) is 2. The molecule has 1 fully saturated rings. The second-order valence-electron chi connectivity index (χ2n) is 6.00. The van der Waals surface area contributed by atoms with E-state index in [4.69, 9.17) is 5.11 Å². The molecule has 1 saturated carbocycles. The molecule has 0 saturated heterocycles. The van der Waals surface area contributed by atoms with E-state index < -0.39 is 0 Å². The van der Waals surface area contributed by atoms with Crippen LogP contribution in [0.2, 0.25) is 0 Å². The maximum Gasteiger partial charge on any atom is 0.0428 e. The molecule has 2 N–H and O–H groups in total. The smallest absolute Gasteiger partial charge is 0.0428 e. The molecule has 0 aromatic heterocycles. The fourth-order valence-electron chi connectivity index (χ4n) is 2.83. The molecule has 1 rings (SSSR count). The third kappa shape index (κ3) is 8.93. The van der Waals surface area contributed by atoms with E-state index in [0.717, 1.165) is 24.3 Å². The Morgan fingerprint density at radius 3 is 2.11 bits per heavy atom. The average Bonchev–Trinajstić information content (AvgIpc) is 2.33. The predicted octanol–water partition coefficient (Wildman–Crippen LogP) is 3.98. The molecule has 0 spiro atoms. The maximum atomic E-state index is 7.88. The van der Waals surface area contributed by atoms with Crippen LogP contribution in [-0.2, 0) is 0 Å². The summed E-state index contributed by atoms with van der Waals surface area (Å²) in [5, 5.41) is 11.4. The van der Waals surface area contributed by atoms with Crippen LogP contribution < -0.4 is 5.32 Å². The maximum absolute atomic E-state index is 7.88. The Bertz CT molecular complexity index is 168. The van der Waals surface area contributed by atoms with Gasteiger partial charge in [0.1, 0.15) is 0 Å². The lowest BCUT2D eigenvalue weighted by atomic mass is 9.82. The quantitative estimate of drug-likeness (QED) is 0.798. The van der Waals surface area contributed by atoms with Gasteiger partial charge in [-0.3, -0.25) is 0 Å². The Hall–Kier alpha value is -0.0800. The Kier molecular flexibility index (Phi) is 11.9. The van der Waals surface area contributed by atoms with Gasteiger partial charge in [-0.1, -0.05) is 46.5 Å². The minimum Gasteiger partial charge on any atom is -0.396 e. The first-order valence-electron chi connectivity index (χ1n) is 7.93. The van der Waals surface area contributed by atoms with E-state index in [0.29, 0.717) is 6.61 Å². The molecule has 0 heterocycles. The Balaban J connectivity index is 0.000000631. The van der Waals surface area contributed by atoms with Gasteiger partial charge in [0, 0.05) is 12.6 Å². The molecule has 2 unspecified atom stereocenters. The summed E-state index contributed by atoms with van der Waals surface area (Å²) in [5.41, 5.74) is 0. The summed E-state index contributed by atoms with van der Waals surface area (Å²) >= 11 is 0. The minimum atomic E-state index is 0.319. The Labute approximate surface area is 115 Å². The van der Waals surface area contributed by atoms with E-state index in [1.807, 2.05) is 6.92 Å². The molecule has 2 atom stereocenters. The van der Waals surface area contributed by atoms with Crippen molar-refractivity contribution >= 4 is 0 Å². The van der Waals surface area contributed by atoms with E-state index in [2.05, 4.69) is 26.2 Å². The van der Waals surface area contributed by atoms with Gasteiger partial charge in [-0.25, -0.2) is 0 Å². The van der Waals surface area contributed by atoms with Gasteiger partial charge in [0.15, 0.2) is 0 Å². The standard InChI is InChI=1S/C13H27N.C3H8O/c1-11(2)10-12-8-6-4-5-7-9-13(12)14-3;1-2-3-4/h11-14H,4-10H2,1-3H3;4H,2-3H2,1H3. The van der Waals surface area contributed by atoms with Crippen molar-refractivity contribution in [2.75, 3.05) is 13.7 Å². The number of aliphatic hydroxyl groups is 1. The van der Waals surface area contributed by atoms with Crippen LogP contribution >= 0.6 is 0 Å². The highest BCUT2D eigenvalue weighted by molar-refractivity contribution is 4.78. The highest BCUT2D eigenvalue weighted by Gasteiger charge is 2.21. The van der Waals surface area contributed by atoms with Crippen molar-refractivity contribution < 1.29 is 5.11 Å². The lowest BCUT2D eigenvalue weighted by molar-refractivity contribution is 0.258. The van der Waals surface area contributed by atoms with Gasteiger partial charge in [0.05, 0.1) is 0 Å². The summed E-state index contributed by atoms with van der Waals surface area (Å²) in [6.07, 6.45) is 10.9. The zero-order chi connectivity index (χ0) is 13.8. The normalized spacial score (nSPS) is 25.0. The molecule has 18 heavy (non-hydrogen) atoms. The van der Waals surface area contributed by atoms with E-state index in [1.165, 1.54) is 44.9 Å². The third-order valence-corrected chi connectivity index (χ3v) is 3.78. The van der Waals surface area contributed by atoms with Gasteiger partial charge >= 0.3 is 0 Å². The molecule has 110 valence electrons. The van der Waals surface area contributed by atoms with Gasteiger partial charge in [-0.2, -0.15) is 0 Å². The van der Waals surface area contributed by atoms with E-state index in [-0.39, 0.29) is 0 Å². The predicted molar refractivity (Wildman–Crippen MR) is 80.9 cm³/mol. The number of hydrogen-bond acceptors (Lipinski definition) is 2. The fourth-order valence-corrected chi connectivity index (χ4v) is 2.83. The second-order valence-corrected chi connectivity index (χ2v) is 6.00. The molecule has 0 bridgehead atoms. The first-order chi connectivity index (χ1) is 8.65. The van der Waals surface area contributed by atoms with E-state index >= 15 is 0 Å².